The van der Waals surface area contributed by atoms with Gasteiger partial charge in [-0.1, -0.05) is 39.0 Å². The average molecular weight is 599 g/mol. The Morgan fingerprint density at radius 1 is 0.977 bits per heavy atom. The number of allylic oxidation sites excluding steroid dienone is 3. The van der Waals surface area contributed by atoms with E-state index in [1.165, 1.54) is 0 Å². The molecule has 2 heterocycles. The Labute approximate surface area is 261 Å². The molecule has 0 aromatic carbocycles. The van der Waals surface area contributed by atoms with Crippen LogP contribution in [0.25, 0.3) is 0 Å². The lowest BCUT2D eigenvalue weighted by Gasteiger charge is -2.56. The van der Waals surface area contributed by atoms with Gasteiger partial charge >= 0.3 is 0 Å². The molecule has 44 heavy (non-hydrogen) atoms. The summed E-state index contributed by atoms with van der Waals surface area (Å²) >= 11 is 0. The Kier molecular flexibility index (Phi) is 8.80. The van der Waals surface area contributed by atoms with Crippen molar-refractivity contribution in [2.75, 3.05) is 6.61 Å². The van der Waals surface area contributed by atoms with Gasteiger partial charge in [0.05, 0.1) is 23.9 Å². The van der Waals surface area contributed by atoms with Gasteiger partial charge in [-0.25, -0.2) is 4.74 Å². The van der Waals surface area contributed by atoms with E-state index < -0.39 is 0 Å². The molecular weight excluding hydrogens is 556 g/mol. The first-order valence-electron chi connectivity index (χ1n) is 15.8. The number of hydrogen-bond acceptors (Lipinski definition) is 7. The minimum atomic E-state index is -0.111. The molecule has 1 aliphatic heterocycles. The maximum atomic E-state index is 6.37. The third kappa shape index (κ3) is 5.64. The average Bonchev–Trinajstić information content (AvgIpc) is 3.00. The van der Waals surface area contributed by atoms with E-state index in [9.17, 15) is 0 Å². The highest BCUT2D eigenvalue weighted by molar-refractivity contribution is 5.21. The van der Waals surface area contributed by atoms with Crippen LogP contribution in [-0.2, 0) is 36.6 Å². The summed E-state index contributed by atoms with van der Waals surface area (Å²) in [5.74, 6) is 6.06. The van der Waals surface area contributed by atoms with Crippen molar-refractivity contribution in [2.24, 2.45) is 17.3 Å². The summed E-state index contributed by atoms with van der Waals surface area (Å²) in [6.45, 7) is 5.09. The van der Waals surface area contributed by atoms with E-state index in [1.54, 1.807) is 0 Å². The number of terminal acetylenes is 4. The monoisotopic (exact) mass is 598 g/mol. The molecule has 232 valence electrons. The number of aromatic nitrogens is 1. The maximum Gasteiger partial charge on any atom is 0.155 e. The smallest absolute Gasteiger partial charge is 0.155 e. The number of ether oxygens (including phenoxy) is 4. The molecule has 5 aliphatic rings. The van der Waals surface area contributed by atoms with Crippen molar-refractivity contribution in [2.45, 2.75) is 114 Å². The van der Waals surface area contributed by atoms with Crippen LogP contribution in [0.2, 0.25) is 0 Å². The third-order valence-electron chi connectivity index (χ3n) is 10.8. The van der Waals surface area contributed by atoms with Crippen molar-refractivity contribution in [3.05, 3.63) is 35.1 Å². The van der Waals surface area contributed by atoms with Gasteiger partial charge in [0.1, 0.15) is 54.7 Å². The number of hydroxylamine groups is 2. The normalized spacial score (nSPS) is 33.4. The van der Waals surface area contributed by atoms with Crippen LogP contribution in [0.1, 0.15) is 82.7 Å². The fourth-order valence-electron chi connectivity index (χ4n) is 8.19. The van der Waals surface area contributed by atoms with Crippen molar-refractivity contribution in [1.29, 1.82) is 0 Å². The molecule has 8 atom stereocenters. The second kappa shape index (κ2) is 12.8. The van der Waals surface area contributed by atoms with Crippen LogP contribution < -0.4 is 0 Å². The predicted molar refractivity (Wildman–Crippen MR) is 163 cm³/mol. The summed E-state index contributed by atoms with van der Waals surface area (Å²) < 4.78 is 31.1. The standard InChI is InChI=1S/C36H42N2O6/c1-7-19-42-33-16-12-25(21-29(33)38-31-23-27(40-9-3)14-18-35(31)44-38)36(5,6)24-11-15-32(41-10-4)28(20-24)37-30-22-26(39-8-2)13-17-34(30)43-37/h1-4,15,23-26,28-29,31,33,35H,11-14,16-22H2,5-6H3. The highest BCUT2D eigenvalue weighted by Gasteiger charge is 2.52. The first-order chi connectivity index (χ1) is 21.4. The van der Waals surface area contributed by atoms with Crippen LogP contribution in [0, 0.1) is 67.2 Å². The largest absolute Gasteiger partial charge is 0.443 e. The quantitative estimate of drug-likeness (QED) is 0.349. The van der Waals surface area contributed by atoms with E-state index in [4.69, 9.17) is 54.0 Å². The molecule has 8 nitrogen and oxygen atoms in total. The van der Waals surface area contributed by atoms with Crippen LogP contribution in [-0.4, -0.2) is 46.8 Å². The van der Waals surface area contributed by atoms with Crippen molar-refractivity contribution in [3.8, 4) is 49.9 Å². The SMILES string of the molecule is C#CCOC1CCC(C(C)(C)C2CC=C(OC#C)C(n3oc4c3CC(OC#C)CC4)C2)CC1N1OC2CCC(OC#C)=CC21. The predicted octanol–water partition coefficient (Wildman–Crippen LogP) is 5.47. The summed E-state index contributed by atoms with van der Waals surface area (Å²) in [6, 6.07) is 0.0752. The van der Waals surface area contributed by atoms with Crippen molar-refractivity contribution >= 4 is 0 Å². The van der Waals surface area contributed by atoms with Crippen molar-refractivity contribution in [1.82, 2.24) is 9.80 Å². The number of fused-ring (bicyclic) bond motifs is 2. The first-order valence-corrected chi connectivity index (χ1v) is 15.8. The molecule has 0 amide bonds. The van der Waals surface area contributed by atoms with Gasteiger partial charge in [-0.3, -0.25) is 4.84 Å². The van der Waals surface area contributed by atoms with Crippen molar-refractivity contribution in [3.63, 3.8) is 0 Å². The van der Waals surface area contributed by atoms with E-state index in [1.807, 2.05) is 4.74 Å². The van der Waals surface area contributed by atoms with Crippen LogP contribution in [0.15, 0.2) is 28.2 Å². The molecule has 1 saturated carbocycles. The van der Waals surface area contributed by atoms with E-state index >= 15 is 0 Å². The Balaban J connectivity index is 1.20. The summed E-state index contributed by atoms with van der Waals surface area (Å²) in [5.41, 5.74) is 1.14. The number of rotatable bonds is 9. The lowest BCUT2D eigenvalue weighted by Crippen LogP contribution is -2.65. The molecule has 1 saturated heterocycles. The molecule has 8 unspecified atom stereocenters. The minimum Gasteiger partial charge on any atom is -0.443 e. The Morgan fingerprint density at radius 3 is 2.59 bits per heavy atom. The molecule has 0 bridgehead atoms. The molecular formula is C36H42N2O6. The van der Waals surface area contributed by atoms with Gasteiger partial charge in [-0.15, -0.1) is 6.42 Å². The second-order valence-electron chi connectivity index (χ2n) is 13.2. The molecule has 4 aliphatic carbocycles. The van der Waals surface area contributed by atoms with Gasteiger partial charge in [0.15, 0.2) is 5.76 Å². The van der Waals surface area contributed by atoms with Crippen LogP contribution in [0.5, 0.6) is 0 Å². The van der Waals surface area contributed by atoms with Gasteiger partial charge < -0.3 is 23.5 Å². The van der Waals surface area contributed by atoms with Gasteiger partial charge in [0.25, 0.3) is 0 Å². The first kappa shape index (κ1) is 30.4. The van der Waals surface area contributed by atoms with Crippen LogP contribution in [0.4, 0.5) is 0 Å². The highest BCUT2D eigenvalue weighted by atomic mass is 16.7. The minimum absolute atomic E-state index is 0.0000664. The Morgan fingerprint density at radius 2 is 1.82 bits per heavy atom. The zero-order valence-electron chi connectivity index (χ0n) is 25.7. The lowest BCUT2D eigenvalue weighted by atomic mass is 9.60. The molecule has 1 aromatic rings. The molecule has 6 rings (SSSR count). The van der Waals surface area contributed by atoms with E-state index in [2.05, 4.69) is 55.3 Å². The highest BCUT2D eigenvalue weighted by Crippen LogP contribution is 2.52. The Bertz CT molecular complexity index is 1440. The zero-order valence-corrected chi connectivity index (χ0v) is 25.7. The van der Waals surface area contributed by atoms with Crippen LogP contribution >= 0.6 is 0 Å². The van der Waals surface area contributed by atoms with Crippen LogP contribution in [0.3, 0.4) is 0 Å². The summed E-state index contributed by atoms with van der Waals surface area (Å²) in [5, 5.41) is 2.12. The third-order valence-corrected chi connectivity index (χ3v) is 10.8. The van der Waals surface area contributed by atoms with Crippen molar-refractivity contribution < 1.29 is 28.3 Å². The summed E-state index contributed by atoms with van der Waals surface area (Å²) in [4.78, 5) is 6.37. The lowest BCUT2D eigenvalue weighted by molar-refractivity contribution is -0.362. The fourth-order valence-corrected chi connectivity index (χ4v) is 8.19. The maximum absolute atomic E-state index is 6.37. The zero-order chi connectivity index (χ0) is 30.8. The number of nitrogens with zero attached hydrogens (tertiary/aromatic N) is 2. The summed E-state index contributed by atoms with van der Waals surface area (Å²) in [7, 11) is 0. The molecule has 0 N–H and O–H groups in total. The number of hydrogen-bond donors (Lipinski definition) is 0. The summed E-state index contributed by atoms with van der Waals surface area (Å²) in [6.07, 6.45) is 42.2. The van der Waals surface area contributed by atoms with E-state index in [-0.39, 0.29) is 48.5 Å². The van der Waals surface area contributed by atoms with E-state index in [0.717, 1.165) is 87.2 Å². The van der Waals surface area contributed by atoms with Gasteiger partial charge in [-0.05, 0) is 74.3 Å². The van der Waals surface area contributed by atoms with Gasteiger partial charge in [-0.2, -0.15) is 5.06 Å². The van der Waals surface area contributed by atoms with Gasteiger partial charge in [0, 0.05) is 19.3 Å². The second-order valence-corrected chi connectivity index (χ2v) is 13.2. The fraction of sp³-hybridized carbons (Fsp3) is 0.611. The molecule has 2 fully saturated rings. The molecule has 0 spiro atoms. The molecule has 0 radical (unpaired) electrons. The molecule has 1 aromatic heterocycles. The topological polar surface area (TPSA) is 67.5 Å². The van der Waals surface area contributed by atoms with Gasteiger partial charge in [0.2, 0.25) is 0 Å². The van der Waals surface area contributed by atoms with E-state index in [0.29, 0.717) is 11.8 Å². The Hall–Kier alpha value is -3.66. The molecule has 8 heteroatoms. The number of aryl methyl sites for hydroxylation is 1.